The van der Waals surface area contributed by atoms with Gasteiger partial charge in [-0.15, -0.1) is 0 Å². The van der Waals surface area contributed by atoms with E-state index in [4.69, 9.17) is 9.47 Å². The third-order valence-electron chi connectivity index (χ3n) is 10.4. The van der Waals surface area contributed by atoms with Gasteiger partial charge in [0.15, 0.2) is 0 Å². The Kier molecular flexibility index (Phi) is 9.49. The number of aliphatic hydroxyl groups is 1. The van der Waals surface area contributed by atoms with E-state index in [1.807, 2.05) is 68.4 Å². The summed E-state index contributed by atoms with van der Waals surface area (Å²) in [7, 11) is 0. The van der Waals surface area contributed by atoms with E-state index in [0.717, 1.165) is 24.3 Å². The number of fused-ring (bicyclic) bond motifs is 1. The molecule has 3 amide bonds. The van der Waals surface area contributed by atoms with E-state index in [9.17, 15) is 19.5 Å². The quantitative estimate of drug-likeness (QED) is 0.240. The highest BCUT2D eigenvalue weighted by Gasteiger charge is 2.78. The maximum atomic E-state index is 14.7. The number of carbonyl (C=O) groups excluding carboxylic acids is 3. The van der Waals surface area contributed by atoms with Crippen molar-refractivity contribution >= 4 is 34.8 Å². The largest absolute Gasteiger partial charge is 0.494 e. The van der Waals surface area contributed by atoms with Crippen molar-refractivity contribution in [3.8, 4) is 5.75 Å². The molecule has 2 unspecified atom stereocenters. The number of carbonyl (C=O) groups is 3. The number of aliphatic hydroxyl groups excluding tert-OH is 1. The Morgan fingerprint density at radius 2 is 1.56 bits per heavy atom. The van der Waals surface area contributed by atoms with Crippen LogP contribution in [0.2, 0.25) is 0 Å². The fourth-order valence-electron chi connectivity index (χ4n) is 8.17. The van der Waals surface area contributed by atoms with E-state index >= 15 is 0 Å². The Morgan fingerprint density at radius 3 is 2.17 bits per heavy atom. The number of nitrogens with one attached hydrogen (secondary N) is 2. The number of likely N-dealkylation sites (tertiary alicyclic amines) is 1. The number of hydrogen-bond acceptors (Lipinski definition) is 7. The predicted octanol–water partition coefficient (Wildman–Crippen LogP) is 4.88. The first-order valence-corrected chi connectivity index (χ1v) is 17.0. The third-order valence-corrected chi connectivity index (χ3v) is 10.4. The van der Waals surface area contributed by atoms with E-state index in [-0.39, 0.29) is 18.4 Å². The molecule has 0 aromatic heterocycles. The predicted molar refractivity (Wildman–Crippen MR) is 185 cm³/mol. The number of amides is 3. The van der Waals surface area contributed by atoms with E-state index < -0.39 is 41.0 Å². The normalized spacial score (nSPS) is 26.2. The van der Waals surface area contributed by atoms with Crippen LogP contribution in [0.25, 0.3) is 0 Å². The van der Waals surface area contributed by atoms with Crippen molar-refractivity contribution < 1.29 is 29.0 Å². The molecule has 6 atom stereocenters. The van der Waals surface area contributed by atoms with E-state index in [2.05, 4.69) is 29.4 Å². The van der Waals surface area contributed by atoms with Gasteiger partial charge in [-0.2, -0.15) is 0 Å². The first kappa shape index (κ1) is 33.5. The van der Waals surface area contributed by atoms with Crippen molar-refractivity contribution in [1.82, 2.24) is 4.90 Å². The number of nitrogens with zero attached hydrogens (tertiary/aromatic N) is 2. The summed E-state index contributed by atoms with van der Waals surface area (Å²) in [4.78, 5) is 47.0. The first-order valence-electron chi connectivity index (χ1n) is 17.0. The molecule has 3 N–H and O–H groups in total. The molecule has 48 heavy (non-hydrogen) atoms. The van der Waals surface area contributed by atoms with Crippen LogP contribution >= 0.6 is 0 Å². The maximum absolute atomic E-state index is 14.7. The second kappa shape index (κ2) is 13.6. The summed E-state index contributed by atoms with van der Waals surface area (Å²) in [6, 6.07) is 22.6. The van der Waals surface area contributed by atoms with Crippen molar-refractivity contribution in [3.63, 3.8) is 0 Å². The van der Waals surface area contributed by atoms with Crippen LogP contribution < -0.4 is 20.3 Å². The van der Waals surface area contributed by atoms with Crippen LogP contribution in [0.15, 0.2) is 78.9 Å². The Bertz CT molecular complexity index is 1610. The Labute approximate surface area is 282 Å². The minimum absolute atomic E-state index is 0.335. The Morgan fingerprint density at radius 1 is 0.938 bits per heavy atom. The summed E-state index contributed by atoms with van der Waals surface area (Å²) in [5.74, 6) is -2.13. The standard InChI is InChI=1S/C38H46N4O6/c1-5-41(6-2)28-17-13-26(14-18-28)40-35(45)33-38-22-21-37(4,48-38)31(34(44)39-27-15-19-30(20-16-27)47-7-3)32(38)36(46)42(33)29(24-43)23-25-11-9-8-10-12-25/h8-20,29,31-33,43H,5-7,21-24H2,1-4H3,(H,39,44)(H,40,45)/t29-,31+,32+,33?,37-,38?/m1/s1. The molecule has 2 bridgehead atoms. The van der Waals surface area contributed by atoms with Gasteiger partial charge in [0.1, 0.15) is 17.4 Å². The molecule has 3 heterocycles. The lowest BCUT2D eigenvalue weighted by atomic mass is 9.66. The number of ether oxygens (including phenoxy) is 2. The maximum Gasteiger partial charge on any atom is 0.250 e. The molecule has 0 saturated carbocycles. The van der Waals surface area contributed by atoms with Crippen LogP contribution in [0.3, 0.4) is 0 Å². The van der Waals surface area contributed by atoms with Crippen LogP contribution in [0.5, 0.6) is 5.75 Å². The topological polar surface area (TPSA) is 120 Å². The van der Waals surface area contributed by atoms with Gasteiger partial charge in [-0.1, -0.05) is 30.3 Å². The lowest BCUT2D eigenvalue weighted by Crippen LogP contribution is -2.57. The second-order valence-corrected chi connectivity index (χ2v) is 13.2. The first-order chi connectivity index (χ1) is 23.2. The molecular weight excluding hydrogens is 608 g/mol. The third kappa shape index (κ3) is 5.92. The monoisotopic (exact) mass is 654 g/mol. The number of hydrogen-bond donors (Lipinski definition) is 3. The van der Waals surface area contributed by atoms with Crippen LogP contribution in [-0.2, 0) is 25.5 Å². The zero-order valence-corrected chi connectivity index (χ0v) is 28.1. The summed E-state index contributed by atoms with van der Waals surface area (Å²) >= 11 is 0. The molecule has 10 heteroatoms. The van der Waals surface area contributed by atoms with Crippen molar-refractivity contribution in [2.45, 2.75) is 70.2 Å². The molecule has 6 rings (SSSR count). The SMILES string of the molecule is CCOc1ccc(NC(=O)[C@@H]2[C@H]3C(=O)N([C@@H](CO)Cc4ccccc4)C(C(=O)Nc4ccc(N(CC)CC)cc4)C34CC[C@@]2(C)O4)cc1. The molecule has 3 saturated heterocycles. The highest BCUT2D eigenvalue weighted by atomic mass is 16.5. The Hall–Kier alpha value is -4.41. The molecule has 1 spiro atoms. The van der Waals surface area contributed by atoms with Gasteiger partial charge in [-0.25, -0.2) is 0 Å². The van der Waals surface area contributed by atoms with Gasteiger partial charge in [-0.3, -0.25) is 14.4 Å². The highest BCUT2D eigenvalue weighted by Crippen LogP contribution is 2.63. The second-order valence-electron chi connectivity index (χ2n) is 13.2. The van der Waals surface area contributed by atoms with Gasteiger partial charge < -0.3 is 35.0 Å². The fraction of sp³-hybridized carbons (Fsp3) is 0.447. The molecule has 3 fully saturated rings. The number of rotatable bonds is 13. The molecule has 3 aliphatic rings. The highest BCUT2D eigenvalue weighted by molar-refractivity contribution is 6.05. The summed E-state index contributed by atoms with van der Waals surface area (Å²) in [6.45, 7) is 9.85. The van der Waals surface area contributed by atoms with Gasteiger partial charge in [0.25, 0.3) is 0 Å². The average molecular weight is 655 g/mol. The number of anilines is 3. The lowest BCUT2D eigenvalue weighted by Gasteiger charge is -2.37. The molecule has 254 valence electrons. The van der Waals surface area contributed by atoms with Gasteiger partial charge >= 0.3 is 0 Å². The molecule has 0 aliphatic carbocycles. The van der Waals surface area contributed by atoms with Crippen LogP contribution in [0.4, 0.5) is 17.1 Å². The van der Waals surface area contributed by atoms with Crippen LogP contribution in [0, 0.1) is 11.8 Å². The van der Waals surface area contributed by atoms with Crippen molar-refractivity contribution in [3.05, 3.63) is 84.4 Å². The molecule has 10 nitrogen and oxygen atoms in total. The van der Waals surface area contributed by atoms with E-state index in [1.54, 1.807) is 24.3 Å². The van der Waals surface area contributed by atoms with Crippen LogP contribution in [-0.4, -0.2) is 77.3 Å². The van der Waals surface area contributed by atoms with Gasteiger partial charge in [0.05, 0.1) is 36.7 Å². The lowest BCUT2D eigenvalue weighted by molar-refractivity contribution is -0.146. The van der Waals surface area contributed by atoms with E-state index in [0.29, 0.717) is 43.0 Å². The smallest absolute Gasteiger partial charge is 0.250 e. The summed E-state index contributed by atoms with van der Waals surface area (Å²) in [5, 5.41) is 16.8. The fourth-order valence-corrected chi connectivity index (χ4v) is 8.17. The average Bonchev–Trinajstić information content (AvgIpc) is 3.67. The summed E-state index contributed by atoms with van der Waals surface area (Å²) in [5.41, 5.74) is 0.958. The minimum Gasteiger partial charge on any atom is -0.494 e. The summed E-state index contributed by atoms with van der Waals surface area (Å²) < 4.78 is 12.3. The Balaban J connectivity index is 1.34. The van der Waals surface area contributed by atoms with Crippen molar-refractivity contribution in [2.75, 3.05) is 41.8 Å². The minimum atomic E-state index is -1.23. The van der Waals surface area contributed by atoms with Crippen molar-refractivity contribution in [1.29, 1.82) is 0 Å². The van der Waals surface area contributed by atoms with Crippen molar-refractivity contribution in [2.24, 2.45) is 11.8 Å². The van der Waals surface area contributed by atoms with Gasteiger partial charge in [0, 0.05) is 30.2 Å². The molecule has 3 aromatic rings. The molecule has 0 radical (unpaired) electrons. The zero-order chi connectivity index (χ0) is 34.1. The summed E-state index contributed by atoms with van der Waals surface area (Å²) in [6.07, 6.45) is 1.29. The number of benzene rings is 3. The van der Waals surface area contributed by atoms with E-state index in [1.165, 1.54) is 4.90 Å². The van der Waals surface area contributed by atoms with Gasteiger partial charge in [-0.05, 0) is 101 Å². The van der Waals surface area contributed by atoms with Crippen LogP contribution in [0.1, 0.15) is 46.1 Å². The molecular formula is C38H46N4O6. The molecule has 3 aromatic carbocycles. The molecule has 3 aliphatic heterocycles. The zero-order valence-electron chi connectivity index (χ0n) is 28.1. The van der Waals surface area contributed by atoms with Gasteiger partial charge in [0.2, 0.25) is 17.7 Å².